The van der Waals surface area contributed by atoms with E-state index >= 15 is 0 Å². The van der Waals surface area contributed by atoms with E-state index in [-0.39, 0.29) is 23.4 Å². The van der Waals surface area contributed by atoms with E-state index in [0.717, 1.165) is 13.2 Å². The average molecular weight is 484 g/mol. The zero-order valence-electron chi connectivity index (χ0n) is 17.9. The van der Waals surface area contributed by atoms with Gasteiger partial charge in [-0.25, -0.2) is 4.39 Å². The first-order valence-electron chi connectivity index (χ1n) is 10.2. The average Bonchev–Trinajstić information content (AvgIpc) is 3.59. The number of carbonyl (C=O) groups is 3. The Balaban J connectivity index is 1.52. The molecule has 10 heteroatoms. The maximum absolute atomic E-state index is 14.7. The molecule has 1 fully saturated rings. The molecule has 0 spiro atoms. The molecule has 2 N–H and O–H groups in total. The molecule has 8 nitrogen and oxygen atoms in total. The Labute approximate surface area is 198 Å². The van der Waals surface area contributed by atoms with Crippen molar-refractivity contribution >= 4 is 40.8 Å². The number of nitrogens with one attached hydrogen (secondary N) is 2. The monoisotopic (exact) mass is 483 g/mol. The van der Waals surface area contributed by atoms with Gasteiger partial charge in [0.15, 0.2) is 5.41 Å². The highest BCUT2D eigenvalue weighted by atomic mass is 35.5. The predicted octanol–water partition coefficient (Wildman–Crippen LogP) is 3.39. The van der Waals surface area contributed by atoms with E-state index < -0.39 is 34.9 Å². The van der Waals surface area contributed by atoms with E-state index in [1.165, 1.54) is 29.0 Å². The molecule has 2 atom stereocenters. The highest BCUT2D eigenvalue weighted by Crippen LogP contribution is 2.54. The van der Waals surface area contributed by atoms with E-state index in [1.54, 1.807) is 36.4 Å². The molecule has 2 amide bonds. The largest absolute Gasteiger partial charge is 0.468 e. The number of amides is 2. The van der Waals surface area contributed by atoms with Gasteiger partial charge in [0.1, 0.15) is 5.82 Å². The Morgan fingerprint density at radius 3 is 2.47 bits per heavy atom. The number of esters is 1. The lowest BCUT2D eigenvalue weighted by Gasteiger charge is -2.15. The Hall–Kier alpha value is -3.98. The summed E-state index contributed by atoms with van der Waals surface area (Å²) < 4.78 is 20.7. The molecule has 4 rings (SSSR count). The van der Waals surface area contributed by atoms with Crippen molar-refractivity contribution < 1.29 is 23.5 Å². The minimum absolute atomic E-state index is 0.0932. The van der Waals surface area contributed by atoms with Crippen LogP contribution in [0.5, 0.6) is 0 Å². The van der Waals surface area contributed by atoms with Crippen molar-refractivity contribution in [1.29, 1.82) is 0 Å². The SMILES string of the molecule is COC(=O)[C@]1(C(=O)Nc2ccc(Cl)cc2)C[C@H]1C(=O)Nc1ccc(-n2ccccc2=O)cc1F. The molecule has 1 aliphatic rings. The number of rotatable bonds is 6. The lowest BCUT2D eigenvalue weighted by Crippen LogP contribution is -2.36. The fraction of sp³-hybridized carbons (Fsp3) is 0.167. The molecule has 1 saturated carbocycles. The number of hydrogen-bond acceptors (Lipinski definition) is 5. The second-order valence-electron chi connectivity index (χ2n) is 7.74. The van der Waals surface area contributed by atoms with Crippen molar-refractivity contribution in [2.24, 2.45) is 11.3 Å². The second-order valence-corrected chi connectivity index (χ2v) is 8.18. The van der Waals surface area contributed by atoms with Gasteiger partial charge >= 0.3 is 5.97 Å². The highest BCUT2D eigenvalue weighted by molar-refractivity contribution is 6.30. The summed E-state index contributed by atoms with van der Waals surface area (Å²) in [5.41, 5.74) is -1.56. The fourth-order valence-electron chi connectivity index (χ4n) is 3.72. The third kappa shape index (κ3) is 4.29. The number of benzene rings is 2. The molecule has 1 heterocycles. The number of ether oxygens (including phenoxy) is 1. The number of carbonyl (C=O) groups excluding carboxylic acids is 3. The van der Waals surface area contributed by atoms with Crippen molar-refractivity contribution in [1.82, 2.24) is 4.57 Å². The fourth-order valence-corrected chi connectivity index (χ4v) is 3.85. The van der Waals surface area contributed by atoms with Gasteiger partial charge in [-0.15, -0.1) is 0 Å². The first kappa shape index (κ1) is 23.2. The van der Waals surface area contributed by atoms with Gasteiger partial charge in [0, 0.05) is 29.0 Å². The van der Waals surface area contributed by atoms with Gasteiger partial charge in [-0.2, -0.15) is 0 Å². The zero-order valence-corrected chi connectivity index (χ0v) is 18.6. The number of hydrogen-bond donors (Lipinski definition) is 2. The summed E-state index contributed by atoms with van der Waals surface area (Å²) in [5, 5.41) is 5.48. The molecular weight excluding hydrogens is 465 g/mol. The van der Waals surface area contributed by atoms with Crippen LogP contribution in [0.1, 0.15) is 6.42 Å². The highest BCUT2D eigenvalue weighted by Gasteiger charge is 2.70. The van der Waals surface area contributed by atoms with Crippen molar-refractivity contribution in [3.63, 3.8) is 0 Å². The van der Waals surface area contributed by atoms with Crippen molar-refractivity contribution in [2.45, 2.75) is 6.42 Å². The van der Waals surface area contributed by atoms with Crippen LogP contribution in [0.2, 0.25) is 5.02 Å². The Bertz CT molecular complexity index is 1340. The molecule has 0 unspecified atom stereocenters. The molecular formula is C24H19ClFN3O5. The lowest BCUT2D eigenvalue weighted by atomic mass is 10.0. The van der Waals surface area contributed by atoms with Crippen LogP contribution in [0.25, 0.3) is 5.69 Å². The number of anilines is 2. The van der Waals surface area contributed by atoms with E-state index in [2.05, 4.69) is 10.6 Å². The lowest BCUT2D eigenvalue weighted by molar-refractivity contribution is -0.152. The van der Waals surface area contributed by atoms with Crippen molar-refractivity contribution in [2.75, 3.05) is 17.7 Å². The van der Waals surface area contributed by atoms with E-state index in [4.69, 9.17) is 16.3 Å². The van der Waals surface area contributed by atoms with E-state index in [1.807, 2.05) is 0 Å². The summed E-state index contributed by atoms with van der Waals surface area (Å²) >= 11 is 5.84. The molecule has 1 aromatic heterocycles. The summed E-state index contributed by atoms with van der Waals surface area (Å²) in [7, 11) is 1.12. The first-order valence-corrected chi connectivity index (χ1v) is 10.6. The molecule has 34 heavy (non-hydrogen) atoms. The standard InChI is InChI=1S/C24H19ClFN3O5/c1-34-23(33)24(22(32)27-15-7-5-14(25)6-8-15)13-17(24)21(31)28-19-10-9-16(12-18(19)26)29-11-3-2-4-20(29)30/h2-12,17H,13H2,1H3,(H,27,32)(H,28,31)/t17-,24+/m0/s1. The maximum Gasteiger partial charge on any atom is 0.322 e. The molecule has 3 aromatic rings. The number of pyridine rings is 1. The summed E-state index contributed by atoms with van der Waals surface area (Å²) in [6.07, 6.45) is 1.40. The van der Waals surface area contributed by atoms with Crippen LogP contribution in [0.4, 0.5) is 15.8 Å². The first-order chi connectivity index (χ1) is 16.3. The Morgan fingerprint density at radius 1 is 1.09 bits per heavy atom. The number of nitrogens with zero attached hydrogens (tertiary/aromatic N) is 1. The maximum atomic E-state index is 14.7. The molecule has 0 saturated heterocycles. The summed E-state index contributed by atoms with van der Waals surface area (Å²) in [6, 6.07) is 14.6. The normalized spacial score (nSPS) is 18.6. The zero-order chi connectivity index (χ0) is 24.5. The van der Waals surface area contributed by atoms with Gasteiger partial charge in [0.2, 0.25) is 11.8 Å². The topological polar surface area (TPSA) is 106 Å². The van der Waals surface area contributed by atoms with Crippen molar-refractivity contribution in [3.05, 3.63) is 88.1 Å². The van der Waals surface area contributed by atoms with E-state index in [9.17, 15) is 23.6 Å². The number of aromatic nitrogens is 1. The van der Waals surface area contributed by atoms with E-state index in [0.29, 0.717) is 10.7 Å². The Kier molecular flexibility index (Phi) is 6.21. The van der Waals surface area contributed by atoms with Gasteiger partial charge in [-0.05, 0) is 48.9 Å². The molecule has 2 aromatic carbocycles. The summed E-state index contributed by atoms with van der Waals surface area (Å²) in [4.78, 5) is 50.2. The molecule has 1 aliphatic carbocycles. The van der Waals surface area contributed by atoms with Crippen LogP contribution in [0.15, 0.2) is 71.7 Å². The van der Waals surface area contributed by atoms with Gasteiger partial charge in [0.25, 0.3) is 5.56 Å². The van der Waals surface area contributed by atoms with Crippen LogP contribution in [0.3, 0.4) is 0 Å². The second kappa shape index (κ2) is 9.11. The van der Waals surface area contributed by atoms with Gasteiger partial charge in [-0.1, -0.05) is 17.7 Å². The molecule has 0 bridgehead atoms. The smallest absolute Gasteiger partial charge is 0.322 e. The minimum Gasteiger partial charge on any atom is -0.468 e. The number of halogens is 2. The summed E-state index contributed by atoms with van der Waals surface area (Å²) in [6.45, 7) is 0. The predicted molar refractivity (Wildman–Crippen MR) is 123 cm³/mol. The third-order valence-electron chi connectivity index (χ3n) is 5.65. The van der Waals surface area contributed by atoms with Crippen LogP contribution in [-0.4, -0.2) is 29.5 Å². The molecule has 174 valence electrons. The van der Waals surface area contributed by atoms with Crippen LogP contribution in [-0.2, 0) is 19.1 Å². The van der Waals surface area contributed by atoms with Gasteiger partial charge in [0.05, 0.1) is 24.4 Å². The molecule has 0 radical (unpaired) electrons. The summed E-state index contributed by atoms with van der Waals surface area (Å²) in [5.74, 6) is -4.11. The molecule has 0 aliphatic heterocycles. The van der Waals surface area contributed by atoms with Crippen LogP contribution in [0, 0.1) is 17.2 Å². The number of methoxy groups -OCH3 is 1. The van der Waals surface area contributed by atoms with Crippen LogP contribution >= 0.6 is 11.6 Å². The van der Waals surface area contributed by atoms with Crippen molar-refractivity contribution in [3.8, 4) is 5.69 Å². The quantitative estimate of drug-likeness (QED) is 0.413. The van der Waals surface area contributed by atoms with Gasteiger partial charge < -0.3 is 15.4 Å². The van der Waals surface area contributed by atoms with Gasteiger partial charge in [-0.3, -0.25) is 23.7 Å². The third-order valence-corrected chi connectivity index (χ3v) is 5.90. The Morgan fingerprint density at radius 2 is 1.82 bits per heavy atom. The minimum atomic E-state index is -1.73. The van der Waals surface area contributed by atoms with Crippen LogP contribution < -0.4 is 16.2 Å².